The molecule has 1 aliphatic carbocycles. The van der Waals surface area contributed by atoms with Gasteiger partial charge >= 0.3 is 0 Å². The standard InChI is InChI=1S/C19H31NO/c1-2-3-8-15-21-19-13-11-17(12-14-19)16-20-18-9-6-4-5-7-10-18/h11-14,18,20H,2-10,15-16H2,1H3. The van der Waals surface area contributed by atoms with Gasteiger partial charge in [0, 0.05) is 12.6 Å². The van der Waals surface area contributed by atoms with Gasteiger partial charge in [-0.1, -0.05) is 57.6 Å². The lowest BCUT2D eigenvalue weighted by molar-refractivity contribution is 0.306. The highest BCUT2D eigenvalue weighted by atomic mass is 16.5. The van der Waals surface area contributed by atoms with E-state index in [0.29, 0.717) is 0 Å². The smallest absolute Gasteiger partial charge is 0.119 e. The molecule has 1 N–H and O–H groups in total. The van der Waals surface area contributed by atoms with Gasteiger partial charge in [-0.15, -0.1) is 0 Å². The molecule has 1 aromatic rings. The van der Waals surface area contributed by atoms with Gasteiger partial charge in [0.15, 0.2) is 0 Å². The zero-order chi connectivity index (χ0) is 14.8. The molecule has 0 radical (unpaired) electrons. The molecule has 1 aliphatic rings. The lowest BCUT2D eigenvalue weighted by atomic mass is 10.1. The van der Waals surface area contributed by atoms with Gasteiger partial charge in [-0.2, -0.15) is 0 Å². The summed E-state index contributed by atoms with van der Waals surface area (Å²) in [6.45, 7) is 4.05. The van der Waals surface area contributed by atoms with Gasteiger partial charge in [-0.3, -0.25) is 0 Å². The van der Waals surface area contributed by atoms with Gasteiger partial charge in [0.2, 0.25) is 0 Å². The van der Waals surface area contributed by atoms with Crippen molar-refractivity contribution in [3.8, 4) is 5.75 Å². The Morgan fingerprint density at radius 2 is 1.71 bits per heavy atom. The van der Waals surface area contributed by atoms with Gasteiger partial charge in [0.25, 0.3) is 0 Å². The Morgan fingerprint density at radius 1 is 1.00 bits per heavy atom. The van der Waals surface area contributed by atoms with Crippen molar-refractivity contribution in [2.75, 3.05) is 6.61 Å². The predicted molar refractivity (Wildman–Crippen MR) is 89.8 cm³/mol. The maximum absolute atomic E-state index is 5.75. The summed E-state index contributed by atoms with van der Waals surface area (Å²) in [5.41, 5.74) is 1.36. The average molecular weight is 289 g/mol. The Kier molecular flexibility index (Phi) is 7.66. The van der Waals surface area contributed by atoms with Crippen LogP contribution in [0.1, 0.15) is 70.3 Å². The Hall–Kier alpha value is -1.02. The Balaban J connectivity index is 1.69. The van der Waals surface area contributed by atoms with Gasteiger partial charge in [0.05, 0.1) is 6.61 Å². The summed E-state index contributed by atoms with van der Waals surface area (Å²) in [5.74, 6) is 1.00. The maximum atomic E-state index is 5.75. The number of ether oxygens (including phenoxy) is 1. The van der Waals surface area contributed by atoms with Crippen LogP contribution in [0, 0.1) is 0 Å². The maximum Gasteiger partial charge on any atom is 0.119 e. The van der Waals surface area contributed by atoms with Crippen molar-refractivity contribution >= 4 is 0 Å². The molecule has 0 bridgehead atoms. The van der Waals surface area contributed by atoms with E-state index in [9.17, 15) is 0 Å². The van der Waals surface area contributed by atoms with E-state index in [0.717, 1.165) is 31.4 Å². The fourth-order valence-electron chi connectivity index (χ4n) is 2.99. The summed E-state index contributed by atoms with van der Waals surface area (Å²) in [5, 5.41) is 3.72. The molecule has 1 saturated carbocycles. The van der Waals surface area contributed by atoms with Crippen LogP contribution in [0.4, 0.5) is 0 Å². The Morgan fingerprint density at radius 3 is 2.38 bits per heavy atom. The lowest BCUT2D eigenvalue weighted by Gasteiger charge is -2.16. The van der Waals surface area contributed by atoms with E-state index >= 15 is 0 Å². The van der Waals surface area contributed by atoms with E-state index in [1.807, 2.05) is 0 Å². The molecule has 1 fully saturated rings. The Labute approximate surface area is 130 Å². The summed E-state index contributed by atoms with van der Waals surface area (Å²) in [6.07, 6.45) is 12.0. The number of hydrogen-bond acceptors (Lipinski definition) is 2. The predicted octanol–water partition coefficient (Wildman–Crippen LogP) is 5.07. The summed E-state index contributed by atoms with van der Waals surface area (Å²) >= 11 is 0. The van der Waals surface area contributed by atoms with Gasteiger partial charge in [0.1, 0.15) is 5.75 Å². The van der Waals surface area contributed by atoms with Crippen molar-refractivity contribution in [1.82, 2.24) is 5.32 Å². The fraction of sp³-hybridized carbons (Fsp3) is 0.684. The second-order valence-corrected chi connectivity index (χ2v) is 6.27. The van der Waals surface area contributed by atoms with Gasteiger partial charge in [-0.05, 0) is 37.0 Å². The molecule has 0 spiro atoms. The molecule has 2 heteroatoms. The first-order valence-electron chi connectivity index (χ1n) is 8.83. The second kappa shape index (κ2) is 9.83. The molecule has 0 aliphatic heterocycles. The van der Waals surface area contributed by atoms with E-state index in [1.165, 1.54) is 56.9 Å². The fourth-order valence-corrected chi connectivity index (χ4v) is 2.99. The molecule has 2 rings (SSSR count). The van der Waals surface area contributed by atoms with Crippen molar-refractivity contribution in [2.45, 2.75) is 77.3 Å². The average Bonchev–Trinajstić information content (AvgIpc) is 2.79. The van der Waals surface area contributed by atoms with E-state index in [2.05, 4.69) is 36.5 Å². The van der Waals surface area contributed by atoms with Crippen LogP contribution in [0.15, 0.2) is 24.3 Å². The highest BCUT2D eigenvalue weighted by Gasteiger charge is 2.11. The first kappa shape index (κ1) is 16.4. The van der Waals surface area contributed by atoms with Crippen LogP contribution in [0.2, 0.25) is 0 Å². The molecular weight excluding hydrogens is 258 g/mol. The van der Waals surface area contributed by atoms with Crippen LogP contribution < -0.4 is 10.1 Å². The highest BCUT2D eigenvalue weighted by Crippen LogP contribution is 2.18. The molecule has 0 unspecified atom stereocenters. The summed E-state index contributed by atoms with van der Waals surface area (Å²) in [6, 6.07) is 9.32. The summed E-state index contributed by atoms with van der Waals surface area (Å²) in [7, 11) is 0. The first-order chi connectivity index (χ1) is 10.4. The van der Waals surface area contributed by atoms with Gasteiger partial charge < -0.3 is 10.1 Å². The SMILES string of the molecule is CCCCCOc1ccc(CNC2CCCCCC2)cc1. The number of unbranched alkanes of at least 4 members (excludes halogenated alkanes) is 2. The molecule has 0 amide bonds. The minimum Gasteiger partial charge on any atom is -0.494 e. The molecule has 2 nitrogen and oxygen atoms in total. The molecule has 1 aromatic carbocycles. The third-order valence-electron chi connectivity index (χ3n) is 4.39. The zero-order valence-corrected chi connectivity index (χ0v) is 13.6. The quantitative estimate of drug-likeness (QED) is 0.533. The van der Waals surface area contributed by atoms with E-state index in [-0.39, 0.29) is 0 Å². The normalized spacial score (nSPS) is 16.6. The number of nitrogens with one attached hydrogen (secondary N) is 1. The van der Waals surface area contributed by atoms with Crippen LogP contribution in [0.25, 0.3) is 0 Å². The topological polar surface area (TPSA) is 21.3 Å². The Bertz CT molecular complexity index is 366. The molecule has 0 saturated heterocycles. The van der Waals surface area contributed by atoms with Crippen LogP contribution in [-0.2, 0) is 6.54 Å². The van der Waals surface area contributed by atoms with Crippen LogP contribution in [0.3, 0.4) is 0 Å². The molecule has 0 atom stereocenters. The first-order valence-corrected chi connectivity index (χ1v) is 8.83. The van der Waals surface area contributed by atoms with E-state index in [1.54, 1.807) is 0 Å². The lowest BCUT2D eigenvalue weighted by Crippen LogP contribution is -2.27. The molecular formula is C19H31NO. The van der Waals surface area contributed by atoms with Crippen molar-refractivity contribution in [3.63, 3.8) is 0 Å². The highest BCUT2D eigenvalue weighted by molar-refractivity contribution is 5.27. The van der Waals surface area contributed by atoms with E-state index in [4.69, 9.17) is 4.74 Å². The van der Waals surface area contributed by atoms with Crippen LogP contribution in [0.5, 0.6) is 5.75 Å². The summed E-state index contributed by atoms with van der Waals surface area (Å²) in [4.78, 5) is 0. The number of benzene rings is 1. The van der Waals surface area contributed by atoms with Crippen molar-refractivity contribution < 1.29 is 4.74 Å². The molecule has 0 heterocycles. The van der Waals surface area contributed by atoms with Gasteiger partial charge in [-0.25, -0.2) is 0 Å². The minimum atomic E-state index is 0.720. The summed E-state index contributed by atoms with van der Waals surface area (Å²) < 4.78 is 5.75. The second-order valence-electron chi connectivity index (χ2n) is 6.27. The molecule has 118 valence electrons. The van der Waals surface area contributed by atoms with Crippen LogP contribution >= 0.6 is 0 Å². The van der Waals surface area contributed by atoms with Crippen LogP contribution in [-0.4, -0.2) is 12.6 Å². The molecule has 0 aromatic heterocycles. The number of hydrogen-bond donors (Lipinski definition) is 1. The number of rotatable bonds is 8. The monoisotopic (exact) mass is 289 g/mol. The molecule has 21 heavy (non-hydrogen) atoms. The zero-order valence-electron chi connectivity index (χ0n) is 13.6. The van der Waals surface area contributed by atoms with Crippen molar-refractivity contribution in [1.29, 1.82) is 0 Å². The largest absolute Gasteiger partial charge is 0.494 e. The van der Waals surface area contributed by atoms with E-state index < -0.39 is 0 Å². The third-order valence-corrected chi connectivity index (χ3v) is 4.39. The minimum absolute atomic E-state index is 0.720. The van der Waals surface area contributed by atoms with Crippen molar-refractivity contribution in [3.05, 3.63) is 29.8 Å². The van der Waals surface area contributed by atoms with Crippen molar-refractivity contribution in [2.24, 2.45) is 0 Å². The third kappa shape index (κ3) is 6.52.